The average Bonchev–Trinajstić information content (AvgIpc) is 2.29. The second-order valence-corrected chi connectivity index (χ2v) is 4.36. The lowest BCUT2D eigenvalue weighted by Crippen LogP contribution is -2.01. The van der Waals surface area contributed by atoms with Gasteiger partial charge in [0.15, 0.2) is 5.78 Å². The predicted octanol–water partition coefficient (Wildman–Crippen LogP) is 2.48. The molecule has 14 heavy (non-hydrogen) atoms. The molecule has 0 saturated carbocycles. The van der Waals surface area contributed by atoms with Crippen LogP contribution in [0.15, 0.2) is 17.0 Å². The standard InChI is InChI=1S/C10H10FNOS/c11-8-5-6(12)4-7-9(13)2-1-3-14-10(7)8/h4-5H,1-3,12H2. The first kappa shape index (κ1) is 9.52. The van der Waals surface area contributed by atoms with Crippen LogP contribution in [0.3, 0.4) is 0 Å². The highest BCUT2D eigenvalue weighted by atomic mass is 32.2. The van der Waals surface area contributed by atoms with Crippen LogP contribution < -0.4 is 5.73 Å². The number of hydrogen-bond acceptors (Lipinski definition) is 3. The van der Waals surface area contributed by atoms with Crippen molar-refractivity contribution >= 4 is 23.2 Å². The van der Waals surface area contributed by atoms with Gasteiger partial charge in [-0.05, 0) is 24.3 Å². The van der Waals surface area contributed by atoms with Crippen LogP contribution in [0, 0.1) is 5.82 Å². The van der Waals surface area contributed by atoms with E-state index in [1.165, 1.54) is 17.8 Å². The monoisotopic (exact) mass is 211 g/mol. The summed E-state index contributed by atoms with van der Waals surface area (Å²) in [7, 11) is 0. The summed E-state index contributed by atoms with van der Waals surface area (Å²) in [6.45, 7) is 0. The van der Waals surface area contributed by atoms with Gasteiger partial charge in [-0.15, -0.1) is 11.8 Å². The van der Waals surface area contributed by atoms with Gasteiger partial charge in [0.25, 0.3) is 0 Å². The van der Waals surface area contributed by atoms with E-state index >= 15 is 0 Å². The predicted molar refractivity (Wildman–Crippen MR) is 55.1 cm³/mol. The van der Waals surface area contributed by atoms with Crippen molar-refractivity contribution in [3.8, 4) is 0 Å². The normalized spacial score (nSPS) is 16.2. The van der Waals surface area contributed by atoms with Gasteiger partial charge in [0.2, 0.25) is 0 Å². The summed E-state index contributed by atoms with van der Waals surface area (Å²) in [5.74, 6) is 0.413. The van der Waals surface area contributed by atoms with Crippen LogP contribution in [0.2, 0.25) is 0 Å². The number of thioether (sulfide) groups is 1. The molecule has 0 atom stereocenters. The molecule has 0 spiro atoms. The lowest BCUT2D eigenvalue weighted by molar-refractivity contribution is 0.0979. The van der Waals surface area contributed by atoms with Crippen LogP contribution in [-0.2, 0) is 0 Å². The Kier molecular flexibility index (Phi) is 2.46. The molecule has 1 aliphatic heterocycles. The molecular weight excluding hydrogens is 201 g/mol. The minimum Gasteiger partial charge on any atom is -0.399 e. The number of nitrogens with two attached hydrogens (primary N) is 1. The molecule has 1 heterocycles. The van der Waals surface area contributed by atoms with E-state index in [1.807, 2.05) is 0 Å². The number of anilines is 1. The van der Waals surface area contributed by atoms with E-state index in [4.69, 9.17) is 5.73 Å². The van der Waals surface area contributed by atoms with E-state index in [9.17, 15) is 9.18 Å². The highest BCUT2D eigenvalue weighted by Crippen LogP contribution is 2.32. The topological polar surface area (TPSA) is 43.1 Å². The van der Waals surface area contributed by atoms with Gasteiger partial charge in [0.1, 0.15) is 5.82 Å². The van der Waals surface area contributed by atoms with E-state index in [0.29, 0.717) is 22.6 Å². The Bertz CT molecular complexity index is 392. The molecule has 0 bridgehead atoms. The number of hydrogen-bond donors (Lipinski definition) is 1. The zero-order valence-electron chi connectivity index (χ0n) is 7.55. The molecule has 1 aromatic carbocycles. The number of ketones is 1. The first-order chi connectivity index (χ1) is 6.68. The summed E-state index contributed by atoms with van der Waals surface area (Å²) < 4.78 is 13.4. The minimum absolute atomic E-state index is 0.00352. The molecular formula is C10H10FNOS. The number of nitrogen functional groups attached to an aromatic ring is 1. The van der Waals surface area contributed by atoms with Gasteiger partial charge in [0, 0.05) is 17.7 Å². The SMILES string of the molecule is Nc1cc(F)c2c(c1)C(=O)CCCS2. The molecule has 2 rings (SSSR count). The molecule has 0 saturated heterocycles. The third-order valence-corrected chi connectivity index (χ3v) is 3.36. The van der Waals surface area contributed by atoms with E-state index in [0.717, 1.165) is 12.2 Å². The summed E-state index contributed by atoms with van der Waals surface area (Å²) in [6, 6.07) is 2.84. The van der Waals surface area contributed by atoms with Gasteiger partial charge >= 0.3 is 0 Å². The molecule has 0 amide bonds. The van der Waals surface area contributed by atoms with Gasteiger partial charge in [-0.1, -0.05) is 0 Å². The van der Waals surface area contributed by atoms with Crippen molar-refractivity contribution in [1.82, 2.24) is 0 Å². The van der Waals surface area contributed by atoms with Crippen molar-refractivity contribution in [3.63, 3.8) is 0 Å². The summed E-state index contributed by atoms with van der Waals surface area (Å²) in [6.07, 6.45) is 1.29. The maximum Gasteiger partial charge on any atom is 0.164 e. The lowest BCUT2D eigenvalue weighted by atomic mass is 10.1. The Morgan fingerprint density at radius 3 is 3.00 bits per heavy atom. The summed E-state index contributed by atoms with van der Waals surface area (Å²) >= 11 is 1.40. The van der Waals surface area contributed by atoms with Gasteiger partial charge < -0.3 is 5.73 Å². The zero-order valence-corrected chi connectivity index (χ0v) is 8.36. The minimum atomic E-state index is -0.375. The first-order valence-electron chi connectivity index (χ1n) is 4.43. The van der Waals surface area contributed by atoms with Crippen LogP contribution in [-0.4, -0.2) is 11.5 Å². The fourth-order valence-electron chi connectivity index (χ4n) is 1.51. The molecule has 0 aliphatic carbocycles. The Morgan fingerprint density at radius 1 is 1.43 bits per heavy atom. The number of carbonyl (C=O) groups is 1. The lowest BCUT2D eigenvalue weighted by Gasteiger charge is -2.06. The largest absolute Gasteiger partial charge is 0.399 e. The molecule has 2 nitrogen and oxygen atoms in total. The van der Waals surface area contributed by atoms with Crippen LogP contribution in [0.1, 0.15) is 23.2 Å². The molecule has 74 valence electrons. The molecule has 0 unspecified atom stereocenters. The molecule has 1 aromatic rings. The molecule has 0 aromatic heterocycles. The van der Waals surface area contributed by atoms with Crippen molar-refractivity contribution in [2.75, 3.05) is 11.5 Å². The van der Waals surface area contributed by atoms with E-state index in [1.54, 1.807) is 6.07 Å². The summed E-state index contributed by atoms with van der Waals surface area (Å²) in [5, 5.41) is 0. The van der Waals surface area contributed by atoms with Crippen molar-refractivity contribution in [2.45, 2.75) is 17.7 Å². The van der Waals surface area contributed by atoms with E-state index in [2.05, 4.69) is 0 Å². The Labute approximate surface area is 85.7 Å². The maximum atomic E-state index is 13.4. The first-order valence-corrected chi connectivity index (χ1v) is 5.42. The van der Waals surface area contributed by atoms with Crippen LogP contribution in [0.5, 0.6) is 0 Å². The number of benzene rings is 1. The van der Waals surface area contributed by atoms with Crippen molar-refractivity contribution < 1.29 is 9.18 Å². The summed E-state index contributed by atoms with van der Waals surface area (Å²) in [5.41, 5.74) is 6.26. The summed E-state index contributed by atoms with van der Waals surface area (Å²) in [4.78, 5) is 12.0. The Morgan fingerprint density at radius 2 is 2.21 bits per heavy atom. The highest BCUT2D eigenvalue weighted by Gasteiger charge is 2.19. The third-order valence-electron chi connectivity index (χ3n) is 2.16. The quantitative estimate of drug-likeness (QED) is 0.670. The van der Waals surface area contributed by atoms with Gasteiger partial charge in [-0.25, -0.2) is 4.39 Å². The average molecular weight is 211 g/mol. The van der Waals surface area contributed by atoms with Crippen LogP contribution >= 0.6 is 11.8 Å². The number of carbonyl (C=O) groups excluding carboxylic acids is 1. The number of halogens is 1. The molecule has 1 aliphatic rings. The molecule has 2 N–H and O–H groups in total. The van der Waals surface area contributed by atoms with Gasteiger partial charge in [0.05, 0.1) is 4.90 Å². The molecule has 4 heteroatoms. The van der Waals surface area contributed by atoms with Crippen LogP contribution in [0.4, 0.5) is 10.1 Å². The number of Topliss-reactive ketones (excluding diaryl/α,β-unsaturated/α-hetero) is 1. The van der Waals surface area contributed by atoms with Crippen LogP contribution in [0.25, 0.3) is 0 Å². The smallest absolute Gasteiger partial charge is 0.164 e. The molecule has 0 radical (unpaired) electrons. The Balaban J connectivity index is 2.58. The van der Waals surface area contributed by atoms with E-state index in [-0.39, 0.29) is 11.6 Å². The Hall–Kier alpha value is -1.03. The van der Waals surface area contributed by atoms with Gasteiger partial charge in [-0.3, -0.25) is 4.79 Å². The second kappa shape index (κ2) is 3.61. The van der Waals surface area contributed by atoms with Gasteiger partial charge in [-0.2, -0.15) is 0 Å². The fraction of sp³-hybridized carbons (Fsp3) is 0.300. The van der Waals surface area contributed by atoms with Crippen molar-refractivity contribution in [3.05, 3.63) is 23.5 Å². The van der Waals surface area contributed by atoms with Crippen molar-refractivity contribution in [1.29, 1.82) is 0 Å². The fourth-order valence-corrected chi connectivity index (χ4v) is 2.53. The maximum absolute atomic E-state index is 13.4. The number of rotatable bonds is 0. The molecule has 0 fully saturated rings. The second-order valence-electron chi connectivity index (χ2n) is 3.25. The van der Waals surface area contributed by atoms with Crippen molar-refractivity contribution in [2.24, 2.45) is 0 Å². The zero-order chi connectivity index (χ0) is 10.1. The highest BCUT2D eigenvalue weighted by molar-refractivity contribution is 7.99. The number of fused-ring (bicyclic) bond motifs is 1. The van der Waals surface area contributed by atoms with E-state index < -0.39 is 0 Å². The third kappa shape index (κ3) is 1.62.